The molecule has 5 rings (SSSR count). The van der Waals surface area contributed by atoms with Gasteiger partial charge in [-0.2, -0.15) is 0 Å². The maximum Gasteiger partial charge on any atom is 0.338 e. The standard InChI is InChI=1S/C27H24ClF2N5O4S/c1-38-19(36)8-7-18-32-12-14-11-13(3-6-17(14)33-18)23-20(27(37)39-2)24(15-4-5-16(29)22(30)21(15)28)35-25(34-23)26-31-9-10-40-26/h4-5,9-10,12-13,24H,3,6-8,11H2,1-2H3,(H,34,35). The molecule has 2 aliphatic rings. The molecule has 1 aliphatic heterocycles. The van der Waals surface area contributed by atoms with Gasteiger partial charge in [-0.1, -0.05) is 17.7 Å². The van der Waals surface area contributed by atoms with Crippen molar-refractivity contribution < 1.29 is 27.8 Å². The summed E-state index contributed by atoms with van der Waals surface area (Å²) in [4.78, 5) is 42.8. The van der Waals surface area contributed by atoms with E-state index in [9.17, 15) is 18.4 Å². The van der Waals surface area contributed by atoms with Crippen molar-refractivity contribution in [1.82, 2.24) is 20.3 Å². The monoisotopic (exact) mass is 587 g/mol. The summed E-state index contributed by atoms with van der Waals surface area (Å²) in [5.41, 5.74) is 2.59. The summed E-state index contributed by atoms with van der Waals surface area (Å²) in [7, 11) is 2.58. The molecule has 0 saturated heterocycles. The summed E-state index contributed by atoms with van der Waals surface area (Å²) in [6, 6.07) is 1.21. The number of ether oxygens (including phenoxy) is 2. The molecule has 0 fully saturated rings. The van der Waals surface area contributed by atoms with Crippen LogP contribution in [-0.2, 0) is 38.3 Å². The lowest BCUT2D eigenvalue weighted by Crippen LogP contribution is -2.38. The van der Waals surface area contributed by atoms with E-state index in [0.29, 0.717) is 48.0 Å². The van der Waals surface area contributed by atoms with Crippen LogP contribution in [0.15, 0.2) is 46.2 Å². The van der Waals surface area contributed by atoms with Crippen molar-refractivity contribution >= 4 is 40.7 Å². The molecule has 0 spiro atoms. The number of hydrogen-bond acceptors (Lipinski definition) is 10. The third kappa shape index (κ3) is 5.46. The number of carbonyl (C=O) groups is 2. The van der Waals surface area contributed by atoms with E-state index in [2.05, 4.69) is 25.3 Å². The van der Waals surface area contributed by atoms with Crippen LogP contribution in [0.4, 0.5) is 8.78 Å². The molecular weight excluding hydrogens is 564 g/mol. The zero-order valence-electron chi connectivity index (χ0n) is 21.5. The summed E-state index contributed by atoms with van der Waals surface area (Å²) in [6.45, 7) is 0. The van der Waals surface area contributed by atoms with Crippen LogP contribution in [0.1, 0.15) is 46.5 Å². The summed E-state index contributed by atoms with van der Waals surface area (Å²) in [5, 5.41) is 5.17. The van der Waals surface area contributed by atoms with Crippen LogP contribution in [0.25, 0.3) is 0 Å². The SMILES string of the molecule is COC(=O)CCc1ncc2c(n1)CCC(C1=C(C(=O)OC)C(c3ccc(F)c(F)c3Cl)N=C(c3nccs3)N1)C2. The third-order valence-corrected chi connectivity index (χ3v) is 8.03. The number of benzene rings is 1. The summed E-state index contributed by atoms with van der Waals surface area (Å²) in [6.07, 6.45) is 5.62. The number of nitrogens with zero attached hydrogens (tertiary/aromatic N) is 4. The summed E-state index contributed by atoms with van der Waals surface area (Å²) >= 11 is 7.59. The molecule has 3 heterocycles. The van der Waals surface area contributed by atoms with Crippen LogP contribution in [0, 0.1) is 17.6 Å². The van der Waals surface area contributed by atoms with Crippen LogP contribution in [0.5, 0.6) is 0 Å². The van der Waals surface area contributed by atoms with Crippen LogP contribution in [0.2, 0.25) is 5.02 Å². The lowest BCUT2D eigenvalue weighted by atomic mass is 9.81. The maximum absolute atomic E-state index is 14.5. The quantitative estimate of drug-likeness (QED) is 0.321. The summed E-state index contributed by atoms with van der Waals surface area (Å²) in [5.74, 6) is -2.60. The van der Waals surface area contributed by atoms with E-state index in [1.807, 2.05) is 0 Å². The van der Waals surface area contributed by atoms with Crippen molar-refractivity contribution in [3.63, 3.8) is 0 Å². The van der Waals surface area contributed by atoms with Crippen molar-refractivity contribution in [2.45, 2.75) is 38.1 Å². The van der Waals surface area contributed by atoms with E-state index in [-0.39, 0.29) is 29.4 Å². The number of amidine groups is 1. The van der Waals surface area contributed by atoms with Crippen LogP contribution in [-0.4, -0.2) is 46.9 Å². The number of carbonyl (C=O) groups excluding carboxylic acids is 2. The average Bonchev–Trinajstić information content (AvgIpc) is 3.52. The zero-order chi connectivity index (χ0) is 28.4. The third-order valence-electron chi connectivity index (χ3n) is 6.86. The molecule has 2 unspecified atom stereocenters. The van der Waals surface area contributed by atoms with Gasteiger partial charge in [-0.05, 0) is 30.9 Å². The van der Waals surface area contributed by atoms with E-state index in [1.54, 1.807) is 17.8 Å². The fourth-order valence-corrected chi connectivity index (χ4v) is 5.72. The van der Waals surface area contributed by atoms with Gasteiger partial charge in [-0.15, -0.1) is 11.3 Å². The van der Waals surface area contributed by atoms with Crippen molar-refractivity contribution in [1.29, 1.82) is 0 Å². The molecule has 0 amide bonds. The lowest BCUT2D eigenvalue weighted by molar-refractivity contribution is -0.140. The highest BCUT2D eigenvalue weighted by Gasteiger charge is 2.38. The number of hydrogen-bond donors (Lipinski definition) is 1. The molecule has 1 N–H and O–H groups in total. The molecule has 13 heteroatoms. The highest BCUT2D eigenvalue weighted by atomic mass is 35.5. The van der Waals surface area contributed by atoms with Gasteiger partial charge in [0.1, 0.15) is 11.9 Å². The fourth-order valence-electron chi connectivity index (χ4n) is 4.88. The first-order valence-electron chi connectivity index (χ1n) is 12.4. The molecule has 3 aromatic rings. The first-order chi connectivity index (χ1) is 19.3. The Morgan fingerprint density at radius 2 is 2.02 bits per heavy atom. The molecule has 0 radical (unpaired) electrons. The zero-order valence-corrected chi connectivity index (χ0v) is 23.1. The molecule has 2 aromatic heterocycles. The number of esters is 2. The highest BCUT2D eigenvalue weighted by Crippen LogP contribution is 2.41. The number of aliphatic imine (C=N–C) groups is 1. The smallest absolute Gasteiger partial charge is 0.338 e. The Labute approximate surface area is 237 Å². The second kappa shape index (κ2) is 11.8. The van der Waals surface area contributed by atoms with Crippen molar-refractivity contribution in [2.24, 2.45) is 10.9 Å². The molecule has 0 saturated carbocycles. The minimum atomic E-state index is -1.22. The van der Waals surface area contributed by atoms with E-state index in [4.69, 9.17) is 21.1 Å². The maximum atomic E-state index is 14.5. The Morgan fingerprint density at radius 3 is 2.75 bits per heavy atom. The largest absolute Gasteiger partial charge is 0.469 e. The minimum Gasteiger partial charge on any atom is -0.469 e. The Kier molecular flexibility index (Phi) is 8.17. The van der Waals surface area contributed by atoms with E-state index in [0.717, 1.165) is 17.3 Å². The number of fused-ring (bicyclic) bond motifs is 1. The van der Waals surface area contributed by atoms with Gasteiger partial charge in [-0.25, -0.2) is 28.5 Å². The van der Waals surface area contributed by atoms with Gasteiger partial charge in [0.25, 0.3) is 0 Å². The van der Waals surface area contributed by atoms with Gasteiger partial charge in [0.05, 0.1) is 31.2 Å². The van der Waals surface area contributed by atoms with Crippen LogP contribution < -0.4 is 5.32 Å². The van der Waals surface area contributed by atoms with Gasteiger partial charge in [0.2, 0.25) is 0 Å². The predicted octanol–water partition coefficient (Wildman–Crippen LogP) is 4.29. The van der Waals surface area contributed by atoms with E-state index in [1.165, 1.54) is 31.6 Å². The first-order valence-corrected chi connectivity index (χ1v) is 13.7. The molecule has 9 nitrogen and oxygen atoms in total. The molecule has 40 heavy (non-hydrogen) atoms. The highest BCUT2D eigenvalue weighted by molar-refractivity contribution is 7.11. The number of methoxy groups -OCH3 is 2. The van der Waals surface area contributed by atoms with Crippen molar-refractivity contribution in [2.75, 3.05) is 14.2 Å². The number of aromatic nitrogens is 3. The second-order valence-corrected chi connectivity index (χ2v) is 10.5. The topological polar surface area (TPSA) is 116 Å². The van der Waals surface area contributed by atoms with Crippen LogP contribution >= 0.6 is 22.9 Å². The molecule has 208 valence electrons. The number of halogens is 3. The Hall–Kier alpha value is -3.77. The van der Waals surface area contributed by atoms with Gasteiger partial charge >= 0.3 is 11.9 Å². The van der Waals surface area contributed by atoms with Gasteiger partial charge in [0.15, 0.2) is 22.5 Å². The molecular formula is C27H24ClF2N5O4S. The number of aryl methyl sites for hydroxylation is 2. The van der Waals surface area contributed by atoms with Crippen molar-refractivity contribution in [3.8, 4) is 0 Å². The Balaban J connectivity index is 1.55. The number of rotatable bonds is 7. The van der Waals surface area contributed by atoms with E-state index >= 15 is 0 Å². The number of nitrogens with one attached hydrogen (secondary N) is 1. The van der Waals surface area contributed by atoms with E-state index < -0.39 is 28.7 Å². The number of allylic oxidation sites excluding steroid dienone is 1. The lowest BCUT2D eigenvalue weighted by Gasteiger charge is -2.33. The minimum absolute atomic E-state index is 0.129. The molecule has 1 aromatic carbocycles. The molecule has 0 bridgehead atoms. The summed E-state index contributed by atoms with van der Waals surface area (Å²) < 4.78 is 38.3. The average molecular weight is 588 g/mol. The van der Waals surface area contributed by atoms with Crippen molar-refractivity contribution in [3.05, 3.63) is 85.5 Å². The Morgan fingerprint density at radius 1 is 1.20 bits per heavy atom. The van der Waals surface area contributed by atoms with Gasteiger partial charge < -0.3 is 14.8 Å². The molecule has 2 atom stereocenters. The Bertz CT molecular complexity index is 1530. The van der Waals surface area contributed by atoms with Crippen LogP contribution in [0.3, 0.4) is 0 Å². The second-order valence-electron chi connectivity index (χ2n) is 9.20. The first kappa shape index (κ1) is 27.8. The number of thiazole rings is 1. The van der Waals surface area contributed by atoms with Gasteiger partial charge in [0, 0.05) is 47.1 Å². The fraction of sp³-hybridized carbons (Fsp3) is 0.333. The van der Waals surface area contributed by atoms with Gasteiger partial charge in [-0.3, -0.25) is 9.79 Å². The molecule has 1 aliphatic carbocycles. The predicted molar refractivity (Wildman–Crippen MR) is 143 cm³/mol. The normalized spacial score (nSPS) is 18.5.